The summed E-state index contributed by atoms with van der Waals surface area (Å²) in [5, 5.41) is 3.51. The first-order valence-electron chi connectivity index (χ1n) is 15.0. The van der Waals surface area contributed by atoms with Crippen molar-refractivity contribution in [3.63, 3.8) is 0 Å². The van der Waals surface area contributed by atoms with E-state index >= 15 is 0 Å². The lowest BCUT2D eigenvalue weighted by Gasteiger charge is -2.34. The van der Waals surface area contributed by atoms with Gasteiger partial charge in [0.25, 0.3) is 10.0 Å². The molecule has 4 aromatic rings. The monoisotopic (exact) mass is 645 g/mol. The fourth-order valence-corrected chi connectivity index (χ4v) is 6.86. The predicted octanol–water partition coefficient (Wildman–Crippen LogP) is 6.71. The van der Waals surface area contributed by atoms with Crippen LogP contribution < -0.4 is 9.62 Å². The molecule has 2 atom stereocenters. The van der Waals surface area contributed by atoms with Crippen LogP contribution in [-0.2, 0) is 32.6 Å². The number of benzene rings is 4. The van der Waals surface area contributed by atoms with Crippen molar-refractivity contribution in [1.29, 1.82) is 0 Å². The van der Waals surface area contributed by atoms with Crippen LogP contribution in [0.25, 0.3) is 0 Å². The van der Waals surface area contributed by atoms with Crippen LogP contribution in [0, 0.1) is 13.8 Å². The van der Waals surface area contributed by atoms with Gasteiger partial charge in [0.2, 0.25) is 11.8 Å². The van der Waals surface area contributed by atoms with Crippen molar-refractivity contribution >= 4 is 39.1 Å². The van der Waals surface area contributed by atoms with E-state index < -0.39 is 28.5 Å². The van der Waals surface area contributed by atoms with Crippen LogP contribution in [0.15, 0.2) is 108 Å². The number of carbonyl (C=O) groups is 2. The Morgan fingerprint density at radius 3 is 2.11 bits per heavy atom. The summed E-state index contributed by atoms with van der Waals surface area (Å²) in [5.74, 6) is -0.806. The third-order valence-corrected chi connectivity index (χ3v) is 9.75. The van der Waals surface area contributed by atoms with Gasteiger partial charge in [0.05, 0.1) is 10.6 Å². The first-order valence-corrected chi connectivity index (χ1v) is 16.8. The van der Waals surface area contributed by atoms with E-state index in [1.54, 1.807) is 43.3 Å². The quantitative estimate of drug-likeness (QED) is 0.175. The maximum Gasteiger partial charge on any atom is 0.264 e. The highest BCUT2D eigenvalue weighted by molar-refractivity contribution is 7.92. The van der Waals surface area contributed by atoms with E-state index in [0.29, 0.717) is 22.7 Å². The van der Waals surface area contributed by atoms with Crippen LogP contribution in [0.2, 0.25) is 5.02 Å². The van der Waals surface area contributed by atoms with Crippen molar-refractivity contribution in [1.82, 2.24) is 10.2 Å². The van der Waals surface area contributed by atoms with Crippen molar-refractivity contribution in [2.45, 2.75) is 64.1 Å². The third-order valence-electron chi connectivity index (χ3n) is 7.75. The van der Waals surface area contributed by atoms with Crippen molar-refractivity contribution in [2.75, 3.05) is 10.8 Å². The lowest BCUT2D eigenvalue weighted by Crippen LogP contribution is -2.54. The zero-order valence-electron chi connectivity index (χ0n) is 26.1. The summed E-state index contributed by atoms with van der Waals surface area (Å²) < 4.78 is 29.4. The molecule has 2 amide bonds. The van der Waals surface area contributed by atoms with Crippen molar-refractivity contribution in [3.8, 4) is 0 Å². The number of sulfonamides is 1. The topological polar surface area (TPSA) is 86.8 Å². The van der Waals surface area contributed by atoms with Crippen LogP contribution >= 0.6 is 11.6 Å². The van der Waals surface area contributed by atoms with Crippen LogP contribution in [-0.4, -0.2) is 43.8 Å². The smallest absolute Gasteiger partial charge is 0.264 e. The third kappa shape index (κ3) is 8.74. The number of nitrogens with zero attached hydrogens (tertiary/aromatic N) is 2. The van der Waals surface area contributed by atoms with E-state index in [2.05, 4.69) is 5.32 Å². The number of anilines is 1. The number of nitrogens with one attached hydrogen (secondary N) is 1. The fourth-order valence-electron chi connectivity index (χ4n) is 5.13. The highest BCUT2D eigenvalue weighted by Crippen LogP contribution is 2.29. The largest absolute Gasteiger partial charge is 0.352 e. The molecule has 4 aromatic carbocycles. The average Bonchev–Trinajstić information content (AvgIpc) is 3.02. The molecule has 0 aromatic heterocycles. The van der Waals surface area contributed by atoms with E-state index in [0.717, 1.165) is 21.0 Å². The minimum absolute atomic E-state index is 0.0488. The molecular formula is C36H40ClN3O4S. The van der Waals surface area contributed by atoms with E-state index in [1.807, 2.05) is 75.4 Å². The maximum absolute atomic E-state index is 14.6. The molecule has 0 aliphatic rings. The molecule has 0 aliphatic heterocycles. The molecule has 45 heavy (non-hydrogen) atoms. The second-order valence-corrected chi connectivity index (χ2v) is 13.6. The Labute approximate surface area is 271 Å². The highest BCUT2D eigenvalue weighted by Gasteiger charge is 2.35. The number of amides is 2. The fraction of sp³-hybridized carbons (Fsp3) is 0.278. The molecule has 236 valence electrons. The van der Waals surface area contributed by atoms with Crippen LogP contribution in [0.1, 0.15) is 42.5 Å². The molecule has 0 radical (unpaired) electrons. The van der Waals surface area contributed by atoms with Crippen LogP contribution in [0.3, 0.4) is 0 Å². The zero-order valence-corrected chi connectivity index (χ0v) is 27.7. The van der Waals surface area contributed by atoms with E-state index in [1.165, 1.54) is 17.0 Å². The molecule has 7 nitrogen and oxygen atoms in total. The van der Waals surface area contributed by atoms with Crippen molar-refractivity contribution in [3.05, 3.63) is 130 Å². The number of hydrogen-bond donors (Lipinski definition) is 1. The summed E-state index contributed by atoms with van der Waals surface area (Å²) in [6, 6.07) is 29.1. The number of carbonyl (C=O) groups excluding carboxylic acids is 2. The van der Waals surface area contributed by atoms with Gasteiger partial charge in [-0.3, -0.25) is 13.9 Å². The Kier molecular flexibility index (Phi) is 11.4. The molecule has 0 fully saturated rings. The van der Waals surface area contributed by atoms with Gasteiger partial charge in [-0.15, -0.1) is 0 Å². The van der Waals surface area contributed by atoms with Gasteiger partial charge in [-0.1, -0.05) is 96.9 Å². The summed E-state index contributed by atoms with van der Waals surface area (Å²) in [6.45, 7) is 7.21. The van der Waals surface area contributed by atoms with Crippen molar-refractivity contribution < 1.29 is 18.0 Å². The molecule has 0 bridgehead atoms. The Balaban J connectivity index is 1.83. The molecule has 0 saturated heterocycles. The summed E-state index contributed by atoms with van der Waals surface area (Å²) in [5.41, 5.74) is 3.64. The van der Waals surface area contributed by atoms with E-state index in [9.17, 15) is 18.0 Å². The number of halogens is 1. The maximum atomic E-state index is 14.6. The SMILES string of the molecule is CC[C@@H](C)NC(=O)[C@H](Cc1ccccc1)N(Cc1cccc(C)c1)C(=O)CN(c1ccc(Cl)cc1C)S(=O)(=O)c1ccccc1. The normalized spacial score (nSPS) is 12.6. The Morgan fingerprint density at radius 1 is 0.844 bits per heavy atom. The molecule has 9 heteroatoms. The number of rotatable bonds is 13. The number of aryl methyl sites for hydroxylation is 2. The summed E-state index contributed by atoms with van der Waals surface area (Å²) >= 11 is 6.23. The Bertz CT molecular complexity index is 1720. The molecule has 4 rings (SSSR count). The molecule has 0 saturated carbocycles. The minimum atomic E-state index is -4.18. The molecule has 0 heterocycles. The lowest BCUT2D eigenvalue weighted by atomic mass is 10.0. The van der Waals surface area contributed by atoms with Gasteiger partial charge in [0.1, 0.15) is 12.6 Å². The standard InChI is InChI=1S/C36H40ClN3O4S/c1-5-28(4)38-36(42)34(23-29-14-8-6-9-15-29)39(24-30-16-12-13-26(2)21-30)35(41)25-40(33-20-19-31(37)22-27(33)3)45(43,44)32-17-10-7-11-18-32/h6-22,28,34H,5,23-25H2,1-4H3,(H,38,42)/t28-,34+/m1/s1. The number of hydrogen-bond acceptors (Lipinski definition) is 4. The molecule has 1 N–H and O–H groups in total. The first kappa shape index (κ1) is 33.7. The minimum Gasteiger partial charge on any atom is -0.352 e. The van der Waals surface area contributed by atoms with Crippen LogP contribution in [0.5, 0.6) is 0 Å². The summed E-state index contributed by atoms with van der Waals surface area (Å²) in [7, 11) is -4.18. The highest BCUT2D eigenvalue weighted by atomic mass is 35.5. The predicted molar refractivity (Wildman–Crippen MR) is 181 cm³/mol. The summed E-state index contributed by atoms with van der Waals surface area (Å²) in [4.78, 5) is 30.1. The van der Waals surface area contributed by atoms with Gasteiger partial charge in [-0.05, 0) is 74.2 Å². The van der Waals surface area contributed by atoms with E-state index in [4.69, 9.17) is 11.6 Å². The Morgan fingerprint density at radius 2 is 1.49 bits per heavy atom. The molecular weight excluding hydrogens is 606 g/mol. The lowest BCUT2D eigenvalue weighted by molar-refractivity contribution is -0.140. The second kappa shape index (κ2) is 15.2. The first-order chi connectivity index (χ1) is 21.5. The molecule has 0 aliphatic carbocycles. The summed E-state index contributed by atoms with van der Waals surface area (Å²) in [6.07, 6.45) is 0.973. The second-order valence-electron chi connectivity index (χ2n) is 11.3. The van der Waals surface area contributed by atoms with E-state index in [-0.39, 0.29) is 29.8 Å². The molecule has 0 unspecified atom stereocenters. The van der Waals surface area contributed by atoms with Crippen molar-refractivity contribution in [2.24, 2.45) is 0 Å². The zero-order chi connectivity index (χ0) is 32.6. The van der Waals surface area contributed by atoms with Crippen LogP contribution in [0.4, 0.5) is 5.69 Å². The van der Waals surface area contributed by atoms with Gasteiger partial charge in [0, 0.05) is 24.0 Å². The van der Waals surface area contributed by atoms with Gasteiger partial charge in [-0.2, -0.15) is 0 Å². The van der Waals surface area contributed by atoms with Gasteiger partial charge in [0.15, 0.2) is 0 Å². The Hall–Kier alpha value is -4.14. The molecule has 0 spiro atoms. The van der Waals surface area contributed by atoms with Gasteiger partial charge >= 0.3 is 0 Å². The average molecular weight is 646 g/mol. The van der Waals surface area contributed by atoms with Gasteiger partial charge in [-0.25, -0.2) is 8.42 Å². The van der Waals surface area contributed by atoms with Gasteiger partial charge < -0.3 is 10.2 Å².